The average Bonchev–Trinajstić information content (AvgIpc) is 2.71. The predicted molar refractivity (Wildman–Crippen MR) is 104 cm³/mol. The number of rotatable bonds is 9. The van der Waals surface area contributed by atoms with Crippen LogP contribution in [-0.2, 0) is 19.6 Å². The van der Waals surface area contributed by atoms with E-state index in [-0.39, 0.29) is 24.3 Å². The highest BCUT2D eigenvalue weighted by atomic mass is 32.2. The van der Waals surface area contributed by atoms with Crippen molar-refractivity contribution in [2.45, 2.75) is 30.8 Å². The molecule has 0 fully saturated rings. The van der Waals surface area contributed by atoms with Crippen molar-refractivity contribution in [1.29, 1.82) is 0 Å². The highest BCUT2D eigenvalue weighted by Crippen LogP contribution is 2.13. The standard InChI is InChI=1S/C19H21F2N3O5S/c1-13(29-16-8-4-14(20)5-9-16)19(26)24-23-18(25)3-2-12-22-30(27,28)17-10-6-15(21)7-11-17/h4-11,13,22H,2-3,12H2,1H3,(H,23,25)(H,24,26). The average molecular weight is 441 g/mol. The SMILES string of the molecule is CC(Oc1ccc(F)cc1)C(=O)NNC(=O)CCCNS(=O)(=O)c1ccc(F)cc1. The number of carbonyl (C=O) groups excluding carboxylic acids is 2. The van der Waals surface area contributed by atoms with Gasteiger partial charge in [-0.05, 0) is 61.9 Å². The van der Waals surface area contributed by atoms with Crippen LogP contribution < -0.4 is 20.3 Å². The van der Waals surface area contributed by atoms with Crippen molar-refractivity contribution in [3.8, 4) is 5.75 Å². The molecule has 0 heterocycles. The zero-order chi connectivity index (χ0) is 22.1. The van der Waals surface area contributed by atoms with E-state index in [1.807, 2.05) is 0 Å². The first-order valence-corrected chi connectivity index (χ1v) is 10.4. The summed E-state index contributed by atoms with van der Waals surface area (Å²) < 4.78 is 57.4. The molecule has 0 spiro atoms. The third-order valence-corrected chi connectivity index (χ3v) is 5.29. The van der Waals surface area contributed by atoms with E-state index >= 15 is 0 Å². The molecular weight excluding hydrogens is 420 g/mol. The number of hydrogen-bond acceptors (Lipinski definition) is 5. The topological polar surface area (TPSA) is 114 Å². The maximum atomic E-state index is 12.9. The molecule has 30 heavy (non-hydrogen) atoms. The second kappa shape index (κ2) is 10.6. The molecule has 11 heteroatoms. The van der Waals surface area contributed by atoms with Gasteiger partial charge in [0.15, 0.2) is 6.10 Å². The summed E-state index contributed by atoms with van der Waals surface area (Å²) in [7, 11) is -3.80. The van der Waals surface area contributed by atoms with Gasteiger partial charge in [0.1, 0.15) is 17.4 Å². The summed E-state index contributed by atoms with van der Waals surface area (Å²) in [4.78, 5) is 23.6. The second-order valence-corrected chi connectivity index (χ2v) is 7.97. The van der Waals surface area contributed by atoms with Crippen LogP contribution in [0.2, 0.25) is 0 Å². The van der Waals surface area contributed by atoms with Crippen molar-refractivity contribution < 1.29 is 31.5 Å². The lowest BCUT2D eigenvalue weighted by atomic mass is 10.3. The van der Waals surface area contributed by atoms with Crippen molar-refractivity contribution >= 4 is 21.8 Å². The van der Waals surface area contributed by atoms with Crippen LogP contribution in [0.1, 0.15) is 19.8 Å². The molecule has 1 atom stereocenters. The van der Waals surface area contributed by atoms with E-state index in [1.54, 1.807) is 0 Å². The quantitative estimate of drug-likeness (QED) is 0.404. The Hall–Kier alpha value is -3.05. The largest absolute Gasteiger partial charge is 0.481 e. The van der Waals surface area contributed by atoms with E-state index in [0.29, 0.717) is 5.75 Å². The van der Waals surface area contributed by atoms with Gasteiger partial charge in [-0.3, -0.25) is 20.4 Å². The third kappa shape index (κ3) is 7.41. The summed E-state index contributed by atoms with van der Waals surface area (Å²) >= 11 is 0. The zero-order valence-corrected chi connectivity index (χ0v) is 16.8. The van der Waals surface area contributed by atoms with Gasteiger partial charge in [0.2, 0.25) is 15.9 Å². The van der Waals surface area contributed by atoms with Crippen molar-refractivity contribution in [3.05, 3.63) is 60.2 Å². The number of halogens is 2. The maximum Gasteiger partial charge on any atom is 0.279 e. The van der Waals surface area contributed by atoms with Crippen LogP contribution >= 0.6 is 0 Å². The van der Waals surface area contributed by atoms with Crippen molar-refractivity contribution in [2.75, 3.05) is 6.54 Å². The van der Waals surface area contributed by atoms with Crippen LogP contribution in [0.4, 0.5) is 8.78 Å². The number of hydrazine groups is 1. The number of sulfonamides is 1. The van der Waals surface area contributed by atoms with Crippen LogP contribution in [0.5, 0.6) is 5.75 Å². The van der Waals surface area contributed by atoms with Gasteiger partial charge < -0.3 is 4.74 Å². The van der Waals surface area contributed by atoms with Crippen LogP contribution in [0.25, 0.3) is 0 Å². The minimum atomic E-state index is -3.80. The minimum absolute atomic E-state index is 0.0227. The molecule has 0 radical (unpaired) electrons. The molecule has 8 nitrogen and oxygen atoms in total. The van der Waals surface area contributed by atoms with E-state index in [0.717, 1.165) is 24.3 Å². The molecule has 162 valence electrons. The van der Waals surface area contributed by atoms with Gasteiger partial charge >= 0.3 is 0 Å². The van der Waals surface area contributed by atoms with Gasteiger partial charge in [-0.15, -0.1) is 0 Å². The van der Waals surface area contributed by atoms with Crippen molar-refractivity contribution in [3.63, 3.8) is 0 Å². The normalized spacial score (nSPS) is 12.1. The molecule has 2 rings (SSSR count). The monoisotopic (exact) mass is 441 g/mol. The van der Waals surface area contributed by atoms with Gasteiger partial charge in [-0.2, -0.15) is 0 Å². The first-order chi connectivity index (χ1) is 14.2. The molecule has 0 saturated carbocycles. The van der Waals surface area contributed by atoms with Crippen LogP contribution in [0.15, 0.2) is 53.4 Å². The lowest BCUT2D eigenvalue weighted by Crippen LogP contribution is -2.47. The molecule has 0 aromatic heterocycles. The summed E-state index contributed by atoms with van der Waals surface area (Å²) in [6.45, 7) is 1.43. The summed E-state index contributed by atoms with van der Waals surface area (Å²) in [5, 5.41) is 0. The Bertz CT molecular complexity index is 967. The Morgan fingerprint density at radius 3 is 2.13 bits per heavy atom. The fourth-order valence-electron chi connectivity index (χ4n) is 2.22. The van der Waals surface area contributed by atoms with Crippen molar-refractivity contribution in [2.24, 2.45) is 0 Å². The summed E-state index contributed by atoms with van der Waals surface area (Å²) in [5.74, 6) is -1.85. The van der Waals surface area contributed by atoms with Crippen molar-refractivity contribution in [1.82, 2.24) is 15.6 Å². The first-order valence-electron chi connectivity index (χ1n) is 8.93. The van der Waals surface area contributed by atoms with E-state index in [2.05, 4.69) is 15.6 Å². The molecule has 0 bridgehead atoms. The third-order valence-electron chi connectivity index (χ3n) is 3.82. The van der Waals surface area contributed by atoms with E-state index < -0.39 is 39.6 Å². The molecular formula is C19H21F2N3O5S. The summed E-state index contributed by atoms with van der Waals surface area (Å²) in [6.07, 6.45) is -0.832. The molecule has 2 aromatic rings. The van der Waals surface area contributed by atoms with Gasteiger partial charge in [0.05, 0.1) is 4.90 Å². The number of amides is 2. The fourth-order valence-corrected chi connectivity index (χ4v) is 3.29. The molecule has 0 saturated heterocycles. The lowest BCUT2D eigenvalue weighted by Gasteiger charge is -2.15. The molecule has 2 amide bonds. The Kier molecular flexibility index (Phi) is 8.25. The number of ether oxygens (including phenoxy) is 1. The Morgan fingerprint density at radius 2 is 1.53 bits per heavy atom. The Labute approximate surface area is 172 Å². The molecule has 0 aliphatic rings. The molecule has 2 aromatic carbocycles. The lowest BCUT2D eigenvalue weighted by molar-refractivity contribution is -0.132. The minimum Gasteiger partial charge on any atom is -0.481 e. The van der Waals surface area contributed by atoms with Gasteiger partial charge in [-0.1, -0.05) is 0 Å². The zero-order valence-electron chi connectivity index (χ0n) is 16.0. The fraction of sp³-hybridized carbons (Fsp3) is 0.263. The smallest absolute Gasteiger partial charge is 0.279 e. The highest BCUT2D eigenvalue weighted by molar-refractivity contribution is 7.89. The second-order valence-electron chi connectivity index (χ2n) is 6.21. The molecule has 1 unspecified atom stereocenters. The number of hydrogen-bond donors (Lipinski definition) is 3. The van der Waals surface area contributed by atoms with Gasteiger partial charge in [0.25, 0.3) is 5.91 Å². The van der Waals surface area contributed by atoms with E-state index in [9.17, 15) is 26.8 Å². The first kappa shape index (κ1) is 23.2. The molecule has 0 aliphatic carbocycles. The van der Waals surface area contributed by atoms with Crippen LogP contribution in [-0.4, -0.2) is 32.9 Å². The Balaban J connectivity index is 1.67. The van der Waals surface area contributed by atoms with Crippen LogP contribution in [0, 0.1) is 11.6 Å². The molecule has 0 aliphatic heterocycles. The highest BCUT2D eigenvalue weighted by Gasteiger charge is 2.16. The number of nitrogens with one attached hydrogen (secondary N) is 3. The van der Waals surface area contributed by atoms with E-state index in [1.165, 1.54) is 31.2 Å². The number of benzene rings is 2. The summed E-state index contributed by atoms with van der Waals surface area (Å²) in [6, 6.07) is 9.44. The Morgan fingerprint density at radius 1 is 0.967 bits per heavy atom. The van der Waals surface area contributed by atoms with Crippen LogP contribution in [0.3, 0.4) is 0 Å². The van der Waals surface area contributed by atoms with Gasteiger partial charge in [0, 0.05) is 13.0 Å². The summed E-state index contributed by atoms with van der Waals surface area (Å²) in [5.41, 5.74) is 4.39. The predicted octanol–water partition coefficient (Wildman–Crippen LogP) is 1.64. The van der Waals surface area contributed by atoms with E-state index in [4.69, 9.17) is 4.74 Å². The van der Waals surface area contributed by atoms with Gasteiger partial charge in [-0.25, -0.2) is 21.9 Å². The maximum absolute atomic E-state index is 12.9. The molecule has 3 N–H and O–H groups in total. The number of carbonyl (C=O) groups is 2.